The lowest BCUT2D eigenvalue weighted by atomic mass is 10.00. The van der Waals surface area contributed by atoms with E-state index in [2.05, 4.69) is 0 Å². The minimum absolute atomic E-state index is 0.329. The molecule has 0 aromatic rings. The average Bonchev–Trinajstić information content (AvgIpc) is 2.20. The molecule has 1 saturated carbocycles. The second kappa shape index (κ2) is 8.06. The van der Waals surface area contributed by atoms with Crippen molar-refractivity contribution in [3.05, 3.63) is 0 Å². The fourth-order valence-electron chi connectivity index (χ4n) is 2.39. The third-order valence-corrected chi connectivity index (χ3v) is 3.83. The Labute approximate surface area is 105 Å². The first kappa shape index (κ1) is 14.9. The van der Waals surface area contributed by atoms with Crippen LogP contribution in [0.5, 0.6) is 0 Å². The second-order valence-electron chi connectivity index (χ2n) is 4.91. The van der Waals surface area contributed by atoms with Crippen LogP contribution >= 0.6 is 0 Å². The molecule has 1 fully saturated rings. The van der Waals surface area contributed by atoms with Crippen LogP contribution in [0.4, 0.5) is 0 Å². The number of hydrogen-bond acceptors (Lipinski definition) is 3. The Morgan fingerprint density at radius 3 is 1.47 bits per heavy atom. The van der Waals surface area contributed by atoms with Crippen LogP contribution in [0.25, 0.3) is 0 Å². The predicted octanol–water partition coefficient (Wildman–Crippen LogP) is 3.48. The summed E-state index contributed by atoms with van der Waals surface area (Å²) in [6, 6.07) is 0. The summed E-state index contributed by atoms with van der Waals surface area (Å²) >= 11 is 0. The zero-order chi connectivity index (χ0) is 12.6. The standard InChI is InChI=1S/C12H24O4S/c13-17(14,15)16-12-10-8-6-4-2-1-3-5-7-9-11-12/h12H,1-11H2,(H,13,14,15). The fraction of sp³-hybridized carbons (Fsp3) is 1.00. The van der Waals surface area contributed by atoms with Crippen LogP contribution in [0.2, 0.25) is 0 Å². The van der Waals surface area contributed by atoms with E-state index in [0.29, 0.717) is 0 Å². The minimum atomic E-state index is -4.29. The molecule has 5 heteroatoms. The van der Waals surface area contributed by atoms with E-state index in [1.54, 1.807) is 0 Å². The average molecular weight is 264 g/mol. The highest BCUT2D eigenvalue weighted by molar-refractivity contribution is 7.80. The third-order valence-electron chi connectivity index (χ3n) is 3.31. The van der Waals surface area contributed by atoms with Gasteiger partial charge in [-0.1, -0.05) is 57.8 Å². The highest BCUT2D eigenvalue weighted by Crippen LogP contribution is 2.19. The third kappa shape index (κ3) is 8.57. The molecule has 0 aromatic carbocycles. The van der Waals surface area contributed by atoms with E-state index < -0.39 is 10.4 Å². The summed E-state index contributed by atoms with van der Waals surface area (Å²) in [5.41, 5.74) is 0. The molecule has 1 N–H and O–H groups in total. The summed E-state index contributed by atoms with van der Waals surface area (Å²) in [6.07, 6.45) is 11.7. The monoisotopic (exact) mass is 264 g/mol. The molecule has 0 atom stereocenters. The lowest BCUT2D eigenvalue weighted by Crippen LogP contribution is -2.18. The molecule has 0 bridgehead atoms. The first-order chi connectivity index (χ1) is 8.08. The Bertz CT molecular complexity index is 275. The highest BCUT2D eigenvalue weighted by Gasteiger charge is 2.16. The first-order valence-corrected chi connectivity index (χ1v) is 8.10. The molecule has 0 radical (unpaired) electrons. The molecule has 0 unspecified atom stereocenters. The van der Waals surface area contributed by atoms with Gasteiger partial charge in [0.15, 0.2) is 0 Å². The molecular formula is C12H24O4S. The van der Waals surface area contributed by atoms with Gasteiger partial charge in [0, 0.05) is 0 Å². The van der Waals surface area contributed by atoms with E-state index in [-0.39, 0.29) is 6.10 Å². The number of hydrogen-bond donors (Lipinski definition) is 1. The van der Waals surface area contributed by atoms with Crippen LogP contribution < -0.4 is 0 Å². The van der Waals surface area contributed by atoms with Gasteiger partial charge in [-0.05, 0) is 12.8 Å². The van der Waals surface area contributed by atoms with Crippen molar-refractivity contribution in [1.82, 2.24) is 0 Å². The molecule has 0 heterocycles. The van der Waals surface area contributed by atoms with Gasteiger partial charge in [0.25, 0.3) is 0 Å². The van der Waals surface area contributed by atoms with Crippen molar-refractivity contribution < 1.29 is 17.2 Å². The Hall–Kier alpha value is -0.130. The molecular weight excluding hydrogens is 240 g/mol. The molecule has 0 aromatic heterocycles. The largest absolute Gasteiger partial charge is 0.397 e. The van der Waals surface area contributed by atoms with Crippen LogP contribution in [-0.2, 0) is 14.6 Å². The summed E-state index contributed by atoms with van der Waals surface area (Å²) < 4.78 is 34.8. The van der Waals surface area contributed by atoms with Crippen LogP contribution in [0.1, 0.15) is 70.6 Å². The van der Waals surface area contributed by atoms with Crippen LogP contribution in [-0.4, -0.2) is 19.1 Å². The molecule has 1 aliphatic carbocycles. The van der Waals surface area contributed by atoms with Gasteiger partial charge in [0.1, 0.15) is 0 Å². The summed E-state index contributed by atoms with van der Waals surface area (Å²) in [5.74, 6) is 0. The van der Waals surface area contributed by atoms with Crippen LogP contribution in [0.3, 0.4) is 0 Å². The Morgan fingerprint density at radius 1 is 0.765 bits per heavy atom. The SMILES string of the molecule is O=S(=O)(O)OC1CCCCCCCCCCC1. The molecule has 1 aliphatic rings. The smallest absolute Gasteiger partial charge is 0.264 e. The van der Waals surface area contributed by atoms with E-state index in [1.807, 2.05) is 0 Å². The van der Waals surface area contributed by atoms with Gasteiger partial charge in [-0.2, -0.15) is 8.42 Å². The second-order valence-corrected chi connectivity index (χ2v) is 5.95. The van der Waals surface area contributed by atoms with E-state index in [9.17, 15) is 8.42 Å². The quantitative estimate of drug-likeness (QED) is 0.775. The maximum Gasteiger partial charge on any atom is 0.397 e. The topological polar surface area (TPSA) is 63.6 Å². The molecule has 102 valence electrons. The van der Waals surface area contributed by atoms with Gasteiger partial charge in [-0.3, -0.25) is 4.55 Å². The van der Waals surface area contributed by atoms with E-state index >= 15 is 0 Å². The fourth-order valence-corrected chi connectivity index (χ4v) is 2.93. The Morgan fingerprint density at radius 2 is 1.12 bits per heavy atom. The van der Waals surface area contributed by atoms with Gasteiger partial charge in [-0.25, -0.2) is 4.18 Å². The Kier molecular flexibility index (Phi) is 7.08. The molecule has 4 nitrogen and oxygen atoms in total. The van der Waals surface area contributed by atoms with E-state index in [1.165, 1.54) is 32.1 Å². The van der Waals surface area contributed by atoms with Gasteiger partial charge in [-0.15, -0.1) is 0 Å². The van der Waals surface area contributed by atoms with Gasteiger partial charge >= 0.3 is 10.4 Å². The zero-order valence-corrected chi connectivity index (χ0v) is 11.3. The van der Waals surface area contributed by atoms with Gasteiger partial charge in [0.05, 0.1) is 6.10 Å². The molecule has 17 heavy (non-hydrogen) atoms. The molecule has 0 amide bonds. The summed E-state index contributed by atoms with van der Waals surface area (Å²) in [6.45, 7) is 0. The molecule has 0 saturated heterocycles. The minimum Gasteiger partial charge on any atom is -0.264 e. The summed E-state index contributed by atoms with van der Waals surface area (Å²) in [5, 5.41) is 0. The lowest BCUT2D eigenvalue weighted by molar-refractivity contribution is 0.157. The predicted molar refractivity (Wildman–Crippen MR) is 67.2 cm³/mol. The van der Waals surface area contributed by atoms with Crippen molar-refractivity contribution in [3.8, 4) is 0 Å². The van der Waals surface area contributed by atoms with Crippen molar-refractivity contribution in [3.63, 3.8) is 0 Å². The van der Waals surface area contributed by atoms with Crippen LogP contribution in [0, 0.1) is 0 Å². The molecule has 0 aliphatic heterocycles. The van der Waals surface area contributed by atoms with Crippen molar-refractivity contribution in [2.75, 3.05) is 0 Å². The number of rotatable bonds is 2. The van der Waals surface area contributed by atoms with Crippen LogP contribution in [0.15, 0.2) is 0 Å². The van der Waals surface area contributed by atoms with Crippen molar-refractivity contribution in [1.29, 1.82) is 0 Å². The maximum absolute atomic E-state index is 10.7. The molecule has 1 rings (SSSR count). The van der Waals surface area contributed by atoms with Crippen molar-refractivity contribution in [2.24, 2.45) is 0 Å². The lowest BCUT2D eigenvalue weighted by Gasteiger charge is -2.16. The first-order valence-electron chi connectivity index (χ1n) is 6.73. The summed E-state index contributed by atoms with van der Waals surface area (Å²) in [7, 11) is -4.29. The normalized spacial score (nSPS) is 22.6. The maximum atomic E-state index is 10.7. The van der Waals surface area contributed by atoms with E-state index in [0.717, 1.165) is 38.5 Å². The summed E-state index contributed by atoms with van der Waals surface area (Å²) in [4.78, 5) is 0. The zero-order valence-electron chi connectivity index (χ0n) is 10.4. The van der Waals surface area contributed by atoms with Crippen molar-refractivity contribution in [2.45, 2.75) is 76.7 Å². The highest BCUT2D eigenvalue weighted by atomic mass is 32.3. The molecule has 0 spiro atoms. The van der Waals surface area contributed by atoms with E-state index in [4.69, 9.17) is 8.74 Å². The van der Waals surface area contributed by atoms with Gasteiger partial charge < -0.3 is 0 Å². The van der Waals surface area contributed by atoms with Crippen molar-refractivity contribution >= 4 is 10.4 Å². The Balaban J connectivity index is 2.37. The van der Waals surface area contributed by atoms with Gasteiger partial charge in [0.2, 0.25) is 0 Å².